The lowest BCUT2D eigenvalue weighted by Crippen LogP contribution is -2.51. The summed E-state index contributed by atoms with van der Waals surface area (Å²) in [6.07, 6.45) is 14.7. The number of allylic oxidation sites excluding steroid dienone is 2. The van der Waals surface area contributed by atoms with Crippen molar-refractivity contribution in [2.45, 2.75) is 57.8 Å². The minimum atomic E-state index is -0.218. The molecular formula is C20H29NO3. The molecule has 4 nitrogen and oxygen atoms in total. The number of esters is 1. The fourth-order valence-corrected chi connectivity index (χ4v) is 6.11. The first-order valence-electron chi connectivity index (χ1n) is 9.70. The molecule has 5 aliphatic carbocycles. The third kappa shape index (κ3) is 3.38. The molecule has 0 spiro atoms. The van der Waals surface area contributed by atoms with E-state index in [4.69, 9.17) is 4.74 Å². The quantitative estimate of drug-likeness (QED) is 0.622. The van der Waals surface area contributed by atoms with Gasteiger partial charge in [0, 0.05) is 6.54 Å². The van der Waals surface area contributed by atoms with Crippen LogP contribution in [0.2, 0.25) is 0 Å². The topological polar surface area (TPSA) is 55.4 Å². The average molecular weight is 331 g/mol. The molecule has 0 aromatic carbocycles. The number of hydrogen-bond acceptors (Lipinski definition) is 3. The number of rotatable bonds is 5. The van der Waals surface area contributed by atoms with Crippen LogP contribution in [0.25, 0.3) is 0 Å². The zero-order valence-corrected chi connectivity index (χ0v) is 14.5. The lowest BCUT2D eigenvalue weighted by atomic mass is 9.49. The van der Waals surface area contributed by atoms with Crippen molar-refractivity contribution in [3.8, 4) is 0 Å². The number of amides is 1. The van der Waals surface area contributed by atoms with Gasteiger partial charge >= 0.3 is 5.97 Å². The van der Waals surface area contributed by atoms with E-state index in [1.165, 1.54) is 38.5 Å². The van der Waals surface area contributed by atoms with Crippen molar-refractivity contribution in [2.24, 2.45) is 29.1 Å². The smallest absolute Gasteiger partial charge is 0.309 e. The van der Waals surface area contributed by atoms with Crippen molar-refractivity contribution in [2.75, 3.05) is 13.2 Å². The van der Waals surface area contributed by atoms with E-state index in [0.717, 1.165) is 43.6 Å². The van der Waals surface area contributed by atoms with Gasteiger partial charge < -0.3 is 10.1 Å². The molecule has 0 saturated heterocycles. The first kappa shape index (κ1) is 16.2. The summed E-state index contributed by atoms with van der Waals surface area (Å²) < 4.78 is 5.23. The lowest BCUT2D eigenvalue weighted by Gasteiger charge is -2.56. The van der Waals surface area contributed by atoms with Gasteiger partial charge in [0.05, 0.1) is 5.92 Å². The standard InChI is InChI=1S/C20H29NO3/c22-18(12-24-19(23)17-4-2-1-3-5-17)21-13-20-9-14-6-15(10-20)8-16(7-14)11-20/h1-2,14-17H,3-13H2,(H,21,22)/t14?,15?,16?,17-,20?/m1/s1. The Morgan fingerprint density at radius 2 is 1.71 bits per heavy atom. The Morgan fingerprint density at radius 1 is 1.04 bits per heavy atom. The molecule has 1 atom stereocenters. The van der Waals surface area contributed by atoms with Gasteiger partial charge in [0.15, 0.2) is 6.61 Å². The molecule has 4 fully saturated rings. The summed E-state index contributed by atoms with van der Waals surface area (Å²) in [7, 11) is 0. The highest BCUT2D eigenvalue weighted by molar-refractivity contribution is 5.81. The van der Waals surface area contributed by atoms with Crippen molar-refractivity contribution in [1.82, 2.24) is 5.32 Å². The van der Waals surface area contributed by atoms with Crippen molar-refractivity contribution in [3.63, 3.8) is 0 Å². The highest BCUT2D eigenvalue weighted by atomic mass is 16.5. The second-order valence-electron chi connectivity index (χ2n) is 8.78. The SMILES string of the molecule is O=C(COC(=O)[C@@H]1CC=CCC1)NCC12CC3CC(CC(C3)C1)C2. The summed E-state index contributed by atoms with van der Waals surface area (Å²) >= 11 is 0. The second kappa shape index (κ2) is 6.53. The highest BCUT2D eigenvalue weighted by Crippen LogP contribution is 2.59. The van der Waals surface area contributed by atoms with Crippen LogP contribution in [0.4, 0.5) is 0 Å². The molecule has 5 rings (SSSR count). The normalized spacial score (nSPS) is 39.7. The molecule has 1 amide bonds. The van der Waals surface area contributed by atoms with E-state index in [0.29, 0.717) is 5.41 Å². The van der Waals surface area contributed by atoms with Gasteiger partial charge in [-0.25, -0.2) is 0 Å². The zero-order valence-electron chi connectivity index (χ0n) is 14.5. The van der Waals surface area contributed by atoms with E-state index < -0.39 is 0 Å². The van der Waals surface area contributed by atoms with Crippen LogP contribution in [0, 0.1) is 29.1 Å². The van der Waals surface area contributed by atoms with Crippen LogP contribution in [0.5, 0.6) is 0 Å². The van der Waals surface area contributed by atoms with Gasteiger partial charge in [-0.15, -0.1) is 0 Å². The summed E-state index contributed by atoms with van der Waals surface area (Å²) in [5.74, 6) is 2.27. The Morgan fingerprint density at radius 3 is 2.29 bits per heavy atom. The second-order valence-corrected chi connectivity index (χ2v) is 8.78. The summed E-state index contributed by atoms with van der Waals surface area (Å²) in [6, 6.07) is 0. The minimum Gasteiger partial charge on any atom is -0.455 e. The Kier molecular flexibility index (Phi) is 4.40. The van der Waals surface area contributed by atoms with Crippen LogP contribution in [-0.4, -0.2) is 25.0 Å². The number of carbonyl (C=O) groups excluding carboxylic acids is 2. The fourth-order valence-electron chi connectivity index (χ4n) is 6.11. The maximum Gasteiger partial charge on any atom is 0.309 e. The number of nitrogens with one attached hydrogen (secondary N) is 1. The van der Waals surface area contributed by atoms with Crippen LogP contribution in [-0.2, 0) is 14.3 Å². The molecule has 4 heteroatoms. The Bertz CT molecular complexity index is 504. The first-order valence-corrected chi connectivity index (χ1v) is 9.70. The fraction of sp³-hybridized carbons (Fsp3) is 0.800. The lowest BCUT2D eigenvalue weighted by molar-refractivity contribution is -0.153. The molecule has 0 aliphatic heterocycles. The zero-order chi connectivity index (χ0) is 16.6. The number of hydrogen-bond donors (Lipinski definition) is 1. The molecular weight excluding hydrogens is 302 g/mol. The molecule has 4 bridgehead atoms. The van der Waals surface area contributed by atoms with Crippen molar-refractivity contribution >= 4 is 11.9 Å². The van der Waals surface area contributed by atoms with Gasteiger partial charge in [-0.2, -0.15) is 0 Å². The van der Waals surface area contributed by atoms with E-state index in [1.807, 2.05) is 6.08 Å². The van der Waals surface area contributed by atoms with Crippen LogP contribution in [0.15, 0.2) is 12.2 Å². The Labute approximate surface area is 144 Å². The van der Waals surface area contributed by atoms with Crippen LogP contribution in [0.1, 0.15) is 57.8 Å². The van der Waals surface area contributed by atoms with Gasteiger partial charge in [-0.1, -0.05) is 12.2 Å². The summed E-state index contributed by atoms with van der Waals surface area (Å²) in [5, 5.41) is 3.07. The maximum absolute atomic E-state index is 12.1. The van der Waals surface area contributed by atoms with Crippen molar-refractivity contribution in [1.29, 1.82) is 0 Å². The molecule has 1 N–H and O–H groups in total. The molecule has 0 radical (unpaired) electrons. The number of ether oxygens (including phenoxy) is 1. The van der Waals surface area contributed by atoms with E-state index in [-0.39, 0.29) is 24.4 Å². The Balaban J connectivity index is 1.22. The summed E-state index contributed by atoms with van der Waals surface area (Å²) in [5.41, 5.74) is 0.336. The maximum atomic E-state index is 12.1. The predicted molar refractivity (Wildman–Crippen MR) is 91.1 cm³/mol. The van der Waals surface area contributed by atoms with E-state index in [2.05, 4.69) is 11.4 Å². The van der Waals surface area contributed by atoms with Crippen molar-refractivity contribution < 1.29 is 14.3 Å². The molecule has 4 saturated carbocycles. The van der Waals surface area contributed by atoms with Gasteiger partial charge in [-0.3, -0.25) is 9.59 Å². The molecule has 24 heavy (non-hydrogen) atoms. The summed E-state index contributed by atoms with van der Waals surface area (Å²) in [4.78, 5) is 24.1. The van der Waals surface area contributed by atoms with E-state index >= 15 is 0 Å². The van der Waals surface area contributed by atoms with Crippen LogP contribution in [0.3, 0.4) is 0 Å². The van der Waals surface area contributed by atoms with Gasteiger partial charge in [-0.05, 0) is 81.0 Å². The Hall–Kier alpha value is -1.32. The minimum absolute atomic E-state index is 0.0639. The van der Waals surface area contributed by atoms with Gasteiger partial charge in [0.25, 0.3) is 5.91 Å². The molecule has 0 unspecified atom stereocenters. The summed E-state index contributed by atoms with van der Waals surface area (Å²) in [6.45, 7) is 0.657. The largest absolute Gasteiger partial charge is 0.455 e. The molecule has 5 aliphatic rings. The van der Waals surface area contributed by atoms with E-state index in [9.17, 15) is 9.59 Å². The third-order valence-electron chi connectivity index (χ3n) is 6.77. The molecule has 0 aromatic rings. The predicted octanol–water partition coefficient (Wildman–Crippen LogP) is 3.22. The van der Waals surface area contributed by atoms with Crippen LogP contribution >= 0.6 is 0 Å². The molecule has 0 heterocycles. The third-order valence-corrected chi connectivity index (χ3v) is 6.77. The monoisotopic (exact) mass is 331 g/mol. The van der Waals surface area contributed by atoms with Crippen molar-refractivity contribution in [3.05, 3.63) is 12.2 Å². The average Bonchev–Trinajstić information content (AvgIpc) is 2.57. The van der Waals surface area contributed by atoms with Crippen LogP contribution < -0.4 is 5.32 Å². The van der Waals surface area contributed by atoms with Gasteiger partial charge in [0.1, 0.15) is 0 Å². The highest BCUT2D eigenvalue weighted by Gasteiger charge is 2.50. The molecule has 0 aromatic heterocycles. The number of carbonyl (C=O) groups is 2. The van der Waals surface area contributed by atoms with Gasteiger partial charge in [0.2, 0.25) is 0 Å². The van der Waals surface area contributed by atoms with E-state index in [1.54, 1.807) is 0 Å². The first-order chi connectivity index (χ1) is 11.6. The molecule has 132 valence electrons.